The number of carbonyl (C=O) groups is 2. The fourth-order valence-electron chi connectivity index (χ4n) is 6.00. The third-order valence-electron chi connectivity index (χ3n) is 8.15. The molecule has 0 radical (unpaired) electrons. The highest BCUT2D eigenvalue weighted by atomic mass is 16.5. The number of hydrogen-bond donors (Lipinski definition) is 3. The van der Waals surface area contributed by atoms with E-state index in [0.29, 0.717) is 24.9 Å². The fourth-order valence-corrected chi connectivity index (χ4v) is 6.00. The van der Waals surface area contributed by atoms with Crippen molar-refractivity contribution in [2.24, 2.45) is 0 Å². The average Bonchev–Trinajstić information content (AvgIpc) is 3.29. The van der Waals surface area contributed by atoms with Crippen LogP contribution in [0.1, 0.15) is 46.3 Å². The number of likely N-dealkylation sites (tertiary alicyclic amines) is 1. The number of nitrogens with zero attached hydrogens (tertiary/aromatic N) is 3. The zero-order valence-corrected chi connectivity index (χ0v) is 22.4. The number of aliphatic hydroxyl groups is 1. The highest BCUT2D eigenvalue weighted by molar-refractivity contribution is 5.99. The lowest BCUT2D eigenvalue weighted by Crippen LogP contribution is -2.55. The summed E-state index contributed by atoms with van der Waals surface area (Å²) in [6, 6.07) is 19.9. The molecule has 2 fully saturated rings. The quantitative estimate of drug-likeness (QED) is 0.402. The molecule has 4 atom stereocenters. The zero-order valence-electron chi connectivity index (χ0n) is 22.4. The number of aliphatic hydroxyl groups excluding tert-OH is 1. The normalized spacial score (nSPS) is 25.0. The van der Waals surface area contributed by atoms with Gasteiger partial charge in [-0.1, -0.05) is 30.3 Å². The fraction of sp³-hybridized carbons (Fsp3) is 0.387. The molecule has 1 aromatic heterocycles. The number of rotatable bonds is 8. The highest BCUT2D eigenvalue weighted by Gasteiger charge is 2.39. The number of aromatic nitrogens is 1. The molecule has 3 N–H and O–H groups in total. The molecular formula is C31H35N5O4. The highest BCUT2D eigenvalue weighted by Crippen LogP contribution is 2.32. The molecule has 2 saturated heterocycles. The van der Waals surface area contributed by atoms with Crippen molar-refractivity contribution < 1.29 is 19.4 Å². The molecule has 0 aliphatic carbocycles. The maximum absolute atomic E-state index is 13.2. The Hall–Kier alpha value is -3.79. The van der Waals surface area contributed by atoms with E-state index in [9.17, 15) is 14.7 Å². The van der Waals surface area contributed by atoms with Crippen molar-refractivity contribution in [3.8, 4) is 5.75 Å². The van der Waals surface area contributed by atoms with Crippen LogP contribution in [0.2, 0.25) is 0 Å². The van der Waals surface area contributed by atoms with Crippen LogP contribution in [0.25, 0.3) is 0 Å². The van der Waals surface area contributed by atoms with E-state index in [4.69, 9.17) is 4.74 Å². The van der Waals surface area contributed by atoms with E-state index in [0.717, 1.165) is 43.9 Å². The van der Waals surface area contributed by atoms with E-state index in [-0.39, 0.29) is 24.0 Å². The summed E-state index contributed by atoms with van der Waals surface area (Å²) in [7, 11) is 0. The molecule has 2 unspecified atom stereocenters. The van der Waals surface area contributed by atoms with Crippen LogP contribution in [0.4, 0.5) is 0 Å². The van der Waals surface area contributed by atoms with Crippen molar-refractivity contribution in [1.29, 1.82) is 0 Å². The third kappa shape index (κ3) is 5.86. The van der Waals surface area contributed by atoms with Crippen molar-refractivity contribution in [2.45, 2.75) is 63.3 Å². The summed E-state index contributed by atoms with van der Waals surface area (Å²) in [5, 5.41) is 16.7. The van der Waals surface area contributed by atoms with Gasteiger partial charge in [0.2, 0.25) is 5.91 Å². The Morgan fingerprint density at radius 3 is 2.65 bits per heavy atom. The van der Waals surface area contributed by atoms with Crippen LogP contribution in [-0.4, -0.2) is 69.2 Å². The van der Waals surface area contributed by atoms with Crippen LogP contribution in [0.3, 0.4) is 0 Å². The number of benzene rings is 2. The second-order valence-corrected chi connectivity index (χ2v) is 10.9. The lowest BCUT2D eigenvalue weighted by Gasteiger charge is -2.39. The molecule has 0 spiro atoms. The van der Waals surface area contributed by atoms with Gasteiger partial charge < -0.3 is 25.4 Å². The Morgan fingerprint density at radius 1 is 1.02 bits per heavy atom. The molecule has 9 nitrogen and oxygen atoms in total. The standard InChI is InChI=1S/C31H35N5O4/c37-29-9-8-27(30(38)34-29)36-19-23-16-24(6-7-25(23)31(36)39)40-28-20-35(18-22-4-2-1-3-5-22)15-12-26(28)33-17-21-10-13-32-14-11-21/h1-7,10-11,13-14,16,26-28,30,33,38H,8-9,12,15,17-20H2,(H,34,37)/t26-,27?,28-,30?/m0/s1. The molecule has 3 aromatic rings. The minimum absolute atomic E-state index is 0.0825. The number of piperidine rings is 2. The summed E-state index contributed by atoms with van der Waals surface area (Å²) in [4.78, 5) is 33.0. The number of pyridine rings is 1. The monoisotopic (exact) mass is 541 g/mol. The minimum Gasteiger partial charge on any atom is -0.487 e. The summed E-state index contributed by atoms with van der Waals surface area (Å²) >= 11 is 0. The van der Waals surface area contributed by atoms with Gasteiger partial charge in [0, 0.05) is 63.1 Å². The van der Waals surface area contributed by atoms with Crippen LogP contribution < -0.4 is 15.4 Å². The van der Waals surface area contributed by atoms with Gasteiger partial charge in [0.15, 0.2) is 0 Å². The van der Waals surface area contributed by atoms with Crippen molar-refractivity contribution >= 4 is 11.8 Å². The predicted octanol–water partition coefficient (Wildman–Crippen LogP) is 2.45. The summed E-state index contributed by atoms with van der Waals surface area (Å²) in [5.74, 6) is 0.419. The Labute approximate surface area is 234 Å². The van der Waals surface area contributed by atoms with Gasteiger partial charge >= 0.3 is 0 Å². The molecule has 40 heavy (non-hydrogen) atoms. The predicted molar refractivity (Wildman–Crippen MR) is 149 cm³/mol. The molecule has 9 heteroatoms. The number of amides is 2. The van der Waals surface area contributed by atoms with Gasteiger partial charge in [0.1, 0.15) is 18.1 Å². The van der Waals surface area contributed by atoms with Crippen LogP contribution in [-0.2, 0) is 24.4 Å². The average molecular weight is 542 g/mol. The first-order valence-electron chi connectivity index (χ1n) is 14.0. The lowest BCUT2D eigenvalue weighted by atomic mass is 10.00. The first-order chi connectivity index (χ1) is 19.5. The summed E-state index contributed by atoms with van der Waals surface area (Å²) in [6.07, 6.45) is 4.17. The van der Waals surface area contributed by atoms with Crippen LogP contribution in [0, 0.1) is 0 Å². The Bertz CT molecular complexity index is 1340. The summed E-state index contributed by atoms with van der Waals surface area (Å²) in [5.41, 5.74) is 3.96. The summed E-state index contributed by atoms with van der Waals surface area (Å²) < 4.78 is 6.65. The van der Waals surface area contributed by atoms with E-state index in [1.807, 2.05) is 48.8 Å². The number of ether oxygens (including phenoxy) is 1. The Kier molecular flexibility index (Phi) is 7.77. The second kappa shape index (κ2) is 11.8. The van der Waals surface area contributed by atoms with Crippen LogP contribution in [0.5, 0.6) is 5.75 Å². The molecule has 4 heterocycles. The molecular weight excluding hydrogens is 506 g/mol. The summed E-state index contributed by atoms with van der Waals surface area (Å²) in [6.45, 7) is 3.73. The van der Waals surface area contributed by atoms with Gasteiger partial charge in [-0.15, -0.1) is 0 Å². The lowest BCUT2D eigenvalue weighted by molar-refractivity contribution is -0.129. The van der Waals surface area contributed by atoms with Crippen molar-refractivity contribution in [2.75, 3.05) is 13.1 Å². The minimum atomic E-state index is -1.06. The Balaban J connectivity index is 1.16. The van der Waals surface area contributed by atoms with E-state index in [1.54, 1.807) is 4.90 Å². The van der Waals surface area contributed by atoms with Crippen molar-refractivity contribution in [3.05, 3.63) is 95.3 Å². The topological polar surface area (TPSA) is 107 Å². The molecule has 0 bridgehead atoms. The Morgan fingerprint density at radius 2 is 1.85 bits per heavy atom. The number of hydrogen-bond acceptors (Lipinski definition) is 7. The first kappa shape index (κ1) is 26.4. The van der Waals surface area contributed by atoms with Gasteiger partial charge in [0.25, 0.3) is 5.91 Å². The van der Waals surface area contributed by atoms with E-state index < -0.39 is 12.3 Å². The molecule has 208 valence electrons. The van der Waals surface area contributed by atoms with Gasteiger partial charge in [-0.3, -0.25) is 19.5 Å². The molecule has 2 amide bonds. The van der Waals surface area contributed by atoms with E-state index >= 15 is 0 Å². The number of fused-ring (bicyclic) bond motifs is 1. The maximum atomic E-state index is 13.2. The number of carbonyl (C=O) groups excluding carboxylic acids is 2. The first-order valence-corrected chi connectivity index (χ1v) is 14.0. The van der Waals surface area contributed by atoms with Gasteiger partial charge in [-0.25, -0.2) is 0 Å². The zero-order chi connectivity index (χ0) is 27.5. The smallest absolute Gasteiger partial charge is 0.254 e. The van der Waals surface area contributed by atoms with E-state index in [2.05, 4.69) is 44.8 Å². The molecule has 6 rings (SSSR count). The van der Waals surface area contributed by atoms with Crippen molar-refractivity contribution in [3.63, 3.8) is 0 Å². The van der Waals surface area contributed by atoms with Crippen LogP contribution in [0.15, 0.2) is 73.1 Å². The molecule has 3 aliphatic heterocycles. The van der Waals surface area contributed by atoms with Gasteiger partial charge in [0.05, 0.1) is 6.04 Å². The second-order valence-electron chi connectivity index (χ2n) is 10.9. The van der Waals surface area contributed by atoms with Crippen LogP contribution >= 0.6 is 0 Å². The third-order valence-corrected chi connectivity index (χ3v) is 8.15. The SMILES string of the molecule is O=C1CCC(N2Cc3cc(O[C@H]4CN(Cc5ccccc5)CC[C@@H]4NCc4ccncc4)ccc3C2=O)C(O)N1. The molecule has 2 aromatic carbocycles. The number of nitrogens with one attached hydrogen (secondary N) is 2. The van der Waals surface area contributed by atoms with E-state index in [1.165, 1.54) is 11.1 Å². The largest absolute Gasteiger partial charge is 0.487 e. The van der Waals surface area contributed by atoms with Gasteiger partial charge in [-0.2, -0.15) is 0 Å². The molecule has 0 saturated carbocycles. The molecule has 3 aliphatic rings. The van der Waals surface area contributed by atoms with Gasteiger partial charge in [-0.05, 0) is 59.9 Å². The van der Waals surface area contributed by atoms with Crippen molar-refractivity contribution in [1.82, 2.24) is 25.4 Å². The maximum Gasteiger partial charge on any atom is 0.254 e.